The topological polar surface area (TPSA) is 78.8 Å². The third-order valence-corrected chi connectivity index (χ3v) is 4.34. The van der Waals surface area contributed by atoms with Crippen LogP contribution in [-0.2, 0) is 9.59 Å². The number of carboxylic acids is 1. The van der Waals surface area contributed by atoms with Gasteiger partial charge in [0.15, 0.2) is 0 Å². The second-order valence-corrected chi connectivity index (χ2v) is 6.15. The Morgan fingerprint density at radius 3 is 2.28 bits per heavy atom. The average molecular weight is 336 g/mol. The summed E-state index contributed by atoms with van der Waals surface area (Å²) in [5.41, 5.74) is 5.19. The number of hydrogen-bond acceptors (Lipinski definition) is 3. The first kappa shape index (κ1) is 16.9. The third-order valence-electron chi connectivity index (χ3n) is 4.34. The molecule has 0 heterocycles. The molecule has 0 unspecified atom stereocenters. The van der Waals surface area contributed by atoms with E-state index in [4.69, 9.17) is 5.11 Å². The summed E-state index contributed by atoms with van der Waals surface area (Å²) >= 11 is 0. The molecule has 1 saturated carbocycles. The first-order chi connectivity index (χ1) is 12.1. The van der Waals surface area contributed by atoms with Gasteiger partial charge >= 0.3 is 5.97 Å². The molecule has 0 aliphatic heterocycles. The molecular weight excluding hydrogens is 316 g/mol. The van der Waals surface area contributed by atoms with Gasteiger partial charge in [0.2, 0.25) is 5.91 Å². The van der Waals surface area contributed by atoms with Gasteiger partial charge in [-0.25, -0.2) is 5.43 Å². The van der Waals surface area contributed by atoms with E-state index in [-0.39, 0.29) is 30.6 Å². The van der Waals surface area contributed by atoms with Gasteiger partial charge in [-0.1, -0.05) is 60.7 Å². The van der Waals surface area contributed by atoms with Gasteiger partial charge in [0.05, 0.1) is 12.1 Å². The predicted molar refractivity (Wildman–Crippen MR) is 95.3 cm³/mol. The van der Waals surface area contributed by atoms with Gasteiger partial charge in [0.1, 0.15) is 0 Å². The number of hydrogen-bond donors (Lipinski definition) is 2. The molecule has 1 amide bonds. The van der Waals surface area contributed by atoms with Crippen molar-refractivity contribution < 1.29 is 14.7 Å². The number of rotatable bonds is 7. The van der Waals surface area contributed by atoms with E-state index in [9.17, 15) is 9.59 Å². The first-order valence-corrected chi connectivity index (χ1v) is 8.33. The summed E-state index contributed by atoms with van der Waals surface area (Å²) in [6, 6.07) is 19.3. The van der Waals surface area contributed by atoms with Crippen LogP contribution in [0.15, 0.2) is 65.8 Å². The van der Waals surface area contributed by atoms with E-state index in [2.05, 4.69) is 10.5 Å². The van der Waals surface area contributed by atoms with Crippen LogP contribution in [0.4, 0.5) is 0 Å². The minimum absolute atomic E-state index is 0.0281. The summed E-state index contributed by atoms with van der Waals surface area (Å²) in [5, 5.41) is 13.1. The van der Waals surface area contributed by atoms with Crippen molar-refractivity contribution in [1.29, 1.82) is 0 Å². The molecule has 128 valence electrons. The van der Waals surface area contributed by atoms with Crippen molar-refractivity contribution >= 4 is 17.6 Å². The van der Waals surface area contributed by atoms with Crippen LogP contribution in [0.1, 0.15) is 36.3 Å². The Labute approximate surface area is 146 Å². The fraction of sp³-hybridized carbons (Fsp3) is 0.250. The van der Waals surface area contributed by atoms with Gasteiger partial charge < -0.3 is 5.11 Å². The molecule has 25 heavy (non-hydrogen) atoms. The molecule has 1 fully saturated rings. The molecule has 0 radical (unpaired) electrons. The summed E-state index contributed by atoms with van der Waals surface area (Å²) in [6.45, 7) is 0. The minimum Gasteiger partial charge on any atom is -0.481 e. The van der Waals surface area contributed by atoms with E-state index in [1.807, 2.05) is 60.7 Å². The van der Waals surface area contributed by atoms with Gasteiger partial charge in [-0.05, 0) is 23.5 Å². The number of hydrazone groups is 1. The maximum Gasteiger partial charge on any atom is 0.303 e. The molecule has 2 atom stereocenters. The molecule has 0 aromatic heterocycles. The highest BCUT2D eigenvalue weighted by Gasteiger charge is 2.43. The van der Waals surface area contributed by atoms with E-state index in [0.717, 1.165) is 12.0 Å². The van der Waals surface area contributed by atoms with Gasteiger partial charge in [0.25, 0.3) is 0 Å². The molecule has 2 aromatic carbocycles. The molecule has 1 aliphatic carbocycles. The summed E-state index contributed by atoms with van der Waals surface area (Å²) < 4.78 is 0. The zero-order valence-corrected chi connectivity index (χ0v) is 13.8. The molecular formula is C20H20N2O3. The number of carboxylic acid groups (broad SMARTS) is 1. The van der Waals surface area contributed by atoms with E-state index in [1.54, 1.807) is 0 Å². The van der Waals surface area contributed by atoms with E-state index < -0.39 is 5.97 Å². The molecule has 0 spiro atoms. The van der Waals surface area contributed by atoms with Crippen LogP contribution >= 0.6 is 0 Å². The predicted octanol–water partition coefficient (Wildman–Crippen LogP) is 3.18. The van der Waals surface area contributed by atoms with E-state index >= 15 is 0 Å². The smallest absolute Gasteiger partial charge is 0.303 e. The normalized spacial score (nSPS) is 19.3. The molecule has 3 rings (SSSR count). The van der Waals surface area contributed by atoms with Gasteiger partial charge in [0, 0.05) is 12.3 Å². The fourth-order valence-corrected chi connectivity index (χ4v) is 2.88. The van der Waals surface area contributed by atoms with Crippen LogP contribution in [-0.4, -0.2) is 22.7 Å². The second kappa shape index (κ2) is 7.75. The Balaban J connectivity index is 1.65. The second-order valence-electron chi connectivity index (χ2n) is 6.15. The lowest BCUT2D eigenvalue weighted by molar-refractivity contribution is -0.136. The van der Waals surface area contributed by atoms with Crippen LogP contribution in [0, 0.1) is 5.92 Å². The van der Waals surface area contributed by atoms with Crippen molar-refractivity contribution in [2.45, 2.75) is 25.2 Å². The quantitative estimate of drug-likeness (QED) is 0.602. The van der Waals surface area contributed by atoms with Crippen LogP contribution in [0.5, 0.6) is 0 Å². The molecule has 5 nitrogen and oxygen atoms in total. The highest BCUT2D eigenvalue weighted by molar-refractivity contribution is 6.02. The van der Waals surface area contributed by atoms with Crippen LogP contribution in [0.25, 0.3) is 0 Å². The van der Waals surface area contributed by atoms with Crippen molar-refractivity contribution in [3.8, 4) is 0 Å². The number of aliphatic carboxylic acids is 1. The van der Waals surface area contributed by atoms with Crippen molar-refractivity contribution in [3.63, 3.8) is 0 Å². The van der Waals surface area contributed by atoms with Crippen LogP contribution in [0.3, 0.4) is 0 Å². The summed E-state index contributed by atoms with van der Waals surface area (Å²) in [5.74, 6) is -0.822. The summed E-state index contributed by atoms with van der Waals surface area (Å²) in [6.07, 6.45) is 1.06. The summed E-state index contributed by atoms with van der Waals surface area (Å²) in [7, 11) is 0. The van der Waals surface area contributed by atoms with Crippen molar-refractivity contribution in [2.24, 2.45) is 11.0 Å². The SMILES string of the molecule is O=C(O)CC/C(=N\NC(=O)[C@@H]1C[C@@H]1c1ccccc1)c1ccccc1. The largest absolute Gasteiger partial charge is 0.481 e. The standard InChI is InChI=1S/C20H20N2O3/c23-19(24)12-11-18(15-9-5-2-6-10-15)21-22-20(25)17-13-16(17)14-7-3-1-4-8-14/h1-10,16-17H,11-13H2,(H,22,25)(H,23,24)/b21-18+/t16-,17-/m1/s1. The number of benzene rings is 2. The van der Waals surface area contributed by atoms with Crippen LogP contribution < -0.4 is 5.43 Å². The zero-order valence-electron chi connectivity index (χ0n) is 13.8. The fourth-order valence-electron chi connectivity index (χ4n) is 2.88. The minimum atomic E-state index is -0.888. The maximum atomic E-state index is 12.3. The number of carbonyl (C=O) groups excluding carboxylic acids is 1. The molecule has 5 heteroatoms. The lowest BCUT2D eigenvalue weighted by Crippen LogP contribution is -2.22. The lowest BCUT2D eigenvalue weighted by atomic mass is 10.1. The Kier molecular flexibility index (Phi) is 5.23. The zero-order chi connectivity index (χ0) is 17.6. The summed E-state index contributed by atoms with van der Waals surface area (Å²) in [4.78, 5) is 23.2. The Hall–Kier alpha value is -2.95. The monoisotopic (exact) mass is 336 g/mol. The van der Waals surface area contributed by atoms with E-state index in [1.165, 1.54) is 5.56 Å². The van der Waals surface area contributed by atoms with E-state index in [0.29, 0.717) is 5.71 Å². The van der Waals surface area contributed by atoms with Gasteiger partial charge in [-0.2, -0.15) is 5.10 Å². The number of nitrogens with one attached hydrogen (secondary N) is 1. The van der Waals surface area contributed by atoms with Crippen molar-refractivity contribution in [2.75, 3.05) is 0 Å². The van der Waals surface area contributed by atoms with Crippen molar-refractivity contribution in [1.82, 2.24) is 5.43 Å². The molecule has 0 bridgehead atoms. The highest BCUT2D eigenvalue weighted by atomic mass is 16.4. The van der Waals surface area contributed by atoms with Crippen molar-refractivity contribution in [3.05, 3.63) is 71.8 Å². The first-order valence-electron chi connectivity index (χ1n) is 8.33. The average Bonchev–Trinajstić information content (AvgIpc) is 3.44. The highest BCUT2D eigenvalue weighted by Crippen LogP contribution is 2.47. The Morgan fingerprint density at radius 2 is 1.64 bits per heavy atom. The Bertz CT molecular complexity index is 772. The third kappa shape index (κ3) is 4.53. The number of carbonyl (C=O) groups is 2. The maximum absolute atomic E-state index is 12.3. The number of nitrogens with zero attached hydrogens (tertiary/aromatic N) is 1. The molecule has 0 saturated heterocycles. The number of amides is 1. The van der Waals surface area contributed by atoms with Gasteiger partial charge in [-0.3, -0.25) is 9.59 Å². The van der Waals surface area contributed by atoms with Crippen LogP contribution in [0.2, 0.25) is 0 Å². The Morgan fingerprint density at radius 1 is 1.00 bits per heavy atom. The van der Waals surface area contributed by atoms with Gasteiger partial charge in [-0.15, -0.1) is 0 Å². The molecule has 2 aromatic rings. The molecule has 1 aliphatic rings. The lowest BCUT2D eigenvalue weighted by Gasteiger charge is -2.06. The molecule has 2 N–H and O–H groups in total.